The molecule has 0 aromatic carbocycles. The summed E-state index contributed by atoms with van der Waals surface area (Å²) < 4.78 is 5.27. The van der Waals surface area contributed by atoms with Crippen molar-refractivity contribution in [2.45, 2.75) is 19.4 Å². The largest absolute Gasteiger partial charge is 0.397 e. The molecule has 1 unspecified atom stereocenters. The van der Waals surface area contributed by atoms with E-state index in [1.54, 1.807) is 0 Å². The molecular weight excluding hydrogens is 178 g/mol. The van der Waals surface area contributed by atoms with Gasteiger partial charge in [-0.05, 0) is 25.5 Å². The fraction of sp³-hybridized carbons (Fsp3) is 0.500. The average Bonchev–Trinajstić information content (AvgIpc) is 2.64. The Labute approximate surface area is 83.5 Å². The lowest BCUT2D eigenvalue weighted by Crippen LogP contribution is -2.19. The maximum Gasteiger partial charge on any atom is 0.126 e. The summed E-state index contributed by atoms with van der Waals surface area (Å²) in [4.78, 5) is 4.34. The minimum absolute atomic E-state index is 0.394. The van der Waals surface area contributed by atoms with Crippen molar-refractivity contribution in [3.05, 3.63) is 17.8 Å². The van der Waals surface area contributed by atoms with E-state index in [4.69, 9.17) is 10.5 Å². The Bertz CT molecular complexity index is 321. The van der Waals surface area contributed by atoms with Gasteiger partial charge in [-0.25, -0.2) is 4.98 Å². The number of nitrogens with two attached hydrogens (primary N) is 1. The number of nitrogen functional groups attached to an aromatic ring is 1. The fourth-order valence-electron chi connectivity index (χ4n) is 1.51. The van der Waals surface area contributed by atoms with Gasteiger partial charge in [-0.1, -0.05) is 0 Å². The van der Waals surface area contributed by atoms with Gasteiger partial charge in [-0.15, -0.1) is 0 Å². The summed E-state index contributed by atoms with van der Waals surface area (Å²) in [5.74, 6) is 0.882. The van der Waals surface area contributed by atoms with Crippen LogP contribution in [0.25, 0.3) is 0 Å². The Balaban J connectivity index is 2.05. The molecule has 1 aromatic heterocycles. The van der Waals surface area contributed by atoms with Gasteiger partial charge in [-0.3, -0.25) is 0 Å². The van der Waals surface area contributed by atoms with Crippen LogP contribution in [0, 0.1) is 6.92 Å². The number of ether oxygens (including phenoxy) is 1. The number of hydrogen-bond acceptors (Lipinski definition) is 4. The molecule has 2 heterocycles. The van der Waals surface area contributed by atoms with E-state index in [2.05, 4.69) is 10.3 Å². The van der Waals surface area contributed by atoms with E-state index in [-0.39, 0.29) is 0 Å². The van der Waals surface area contributed by atoms with E-state index in [9.17, 15) is 0 Å². The van der Waals surface area contributed by atoms with Crippen LogP contribution in [0.4, 0.5) is 11.5 Å². The number of aromatic nitrogens is 1. The Kier molecular flexibility index (Phi) is 2.54. The first-order valence-corrected chi connectivity index (χ1v) is 4.83. The fourth-order valence-corrected chi connectivity index (χ4v) is 1.51. The Morgan fingerprint density at radius 1 is 1.57 bits per heavy atom. The van der Waals surface area contributed by atoms with Crippen molar-refractivity contribution in [2.75, 3.05) is 24.3 Å². The van der Waals surface area contributed by atoms with Crippen LogP contribution in [-0.2, 0) is 4.74 Å². The third-order valence-electron chi connectivity index (χ3n) is 2.41. The predicted molar refractivity (Wildman–Crippen MR) is 56.2 cm³/mol. The minimum Gasteiger partial charge on any atom is -0.397 e. The Hall–Kier alpha value is -1.29. The van der Waals surface area contributed by atoms with Crippen LogP contribution in [0.2, 0.25) is 0 Å². The van der Waals surface area contributed by atoms with Gasteiger partial charge >= 0.3 is 0 Å². The highest BCUT2D eigenvalue weighted by atomic mass is 16.5. The molecule has 0 saturated carbocycles. The SMILES string of the molecule is Cc1nc(NC2CCOC2)ccc1N. The van der Waals surface area contributed by atoms with E-state index in [1.165, 1.54) is 0 Å². The van der Waals surface area contributed by atoms with E-state index < -0.39 is 0 Å². The summed E-state index contributed by atoms with van der Waals surface area (Å²) in [6, 6.07) is 4.17. The highest BCUT2D eigenvalue weighted by Gasteiger charge is 2.15. The minimum atomic E-state index is 0.394. The van der Waals surface area contributed by atoms with E-state index in [1.807, 2.05) is 19.1 Å². The lowest BCUT2D eigenvalue weighted by atomic mass is 10.2. The van der Waals surface area contributed by atoms with E-state index in [0.717, 1.165) is 36.8 Å². The molecule has 1 aliphatic rings. The summed E-state index contributed by atoms with van der Waals surface area (Å²) >= 11 is 0. The molecule has 0 bridgehead atoms. The molecule has 1 atom stereocenters. The van der Waals surface area contributed by atoms with Gasteiger partial charge in [0.1, 0.15) is 5.82 Å². The third-order valence-corrected chi connectivity index (χ3v) is 2.41. The molecule has 1 saturated heterocycles. The number of anilines is 2. The Morgan fingerprint density at radius 3 is 3.07 bits per heavy atom. The number of hydrogen-bond donors (Lipinski definition) is 2. The van der Waals surface area contributed by atoms with Crippen molar-refractivity contribution >= 4 is 11.5 Å². The van der Waals surface area contributed by atoms with E-state index in [0.29, 0.717) is 6.04 Å². The number of nitrogens with one attached hydrogen (secondary N) is 1. The van der Waals surface area contributed by atoms with Crippen LogP contribution < -0.4 is 11.1 Å². The number of aryl methyl sites for hydroxylation is 1. The standard InChI is InChI=1S/C10H15N3O/c1-7-9(11)2-3-10(12-7)13-8-4-5-14-6-8/h2-3,8H,4-6,11H2,1H3,(H,12,13). The summed E-state index contributed by atoms with van der Waals surface area (Å²) in [5, 5.41) is 3.32. The summed E-state index contributed by atoms with van der Waals surface area (Å²) in [5.41, 5.74) is 7.29. The van der Waals surface area contributed by atoms with Crippen LogP contribution in [0.3, 0.4) is 0 Å². The zero-order valence-electron chi connectivity index (χ0n) is 8.29. The first kappa shape index (κ1) is 9.27. The molecule has 14 heavy (non-hydrogen) atoms. The molecule has 4 nitrogen and oxygen atoms in total. The van der Waals surface area contributed by atoms with Crippen LogP contribution in [0.15, 0.2) is 12.1 Å². The second-order valence-corrected chi connectivity index (χ2v) is 3.58. The molecule has 0 radical (unpaired) electrons. The predicted octanol–water partition coefficient (Wildman–Crippen LogP) is 1.17. The monoisotopic (exact) mass is 193 g/mol. The van der Waals surface area contributed by atoms with E-state index >= 15 is 0 Å². The smallest absolute Gasteiger partial charge is 0.126 e. The third kappa shape index (κ3) is 1.96. The highest BCUT2D eigenvalue weighted by molar-refractivity contribution is 5.49. The zero-order valence-corrected chi connectivity index (χ0v) is 8.29. The van der Waals surface area contributed by atoms with Crippen molar-refractivity contribution in [1.82, 2.24) is 4.98 Å². The van der Waals surface area contributed by atoms with Crippen molar-refractivity contribution < 1.29 is 4.74 Å². The second-order valence-electron chi connectivity index (χ2n) is 3.58. The molecule has 1 fully saturated rings. The molecule has 1 aliphatic heterocycles. The highest BCUT2D eigenvalue weighted by Crippen LogP contribution is 2.15. The first-order valence-electron chi connectivity index (χ1n) is 4.83. The van der Waals surface area contributed by atoms with Crippen LogP contribution in [-0.4, -0.2) is 24.2 Å². The molecule has 76 valence electrons. The normalized spacial score (nSPS) is 21.1. The van der Waals surface area contributed by atoms with Crippen molar-refractivity contribution in [1.29, 1.82) is 0 Å². The maximum atomic E-state index is 5.68. The summed E-state index contributed by atoms with van der Waals surface area (Å²) in [6.45, 7) is 3.52. The molecule has 1 aromatic rings. The lowest BCUT2D eigenvalue weighted by Gasteiger charge is -2.12. The van der Waals surface area contributed by atoms with Crippen molar-refractivity contribution in [3.63, 3.8) is 0 Å². The molecular formula is C10H15N3O. The summed E-state index contributed by atoms with van der Waals surface area (Å²) in [7, 11) is 0. The van der Waals surface area contributed by atoms with Gasteiger partial charge in [-0.2, -0.15) is 0 Å². The van der Waals surface area contributed by atoms with Gasteiger partial charge in [0.15, 0.2) is 0 Å². The van der Waals surface area contributed by atoms with Gasteiger partial charge in [0.2, 0.25) is 0 Å². The second kappa shape index (κ2) is 3.84. The molecule has 2 rings (SSSR count). The molecule has 0 spiro atoms. The number of rotatable bonds is 2. The lowest BCUT2D eigenvalue weighted by molar-refractivity contribution is 0.195. The van der Waals surface area contributed by atoms with Gasteiger partial charge in [0.05, 0.1) is 24.0 Å². The van der Waals surface area contributed by atoms with Crippen molar-refractivity contribution in [3.8, 4) is 0 Å². The average molecular weight is 193 g/mol. The van der Waals surface area contributed by atoms with Gasteiger partial charge in [0, 0.05) is 6.61 Å². The summed E-state index contributed by atoms with van der Waals surface area (Å²) in [6.07, 6.45) is 1.05. The topological polar surface area (TPSA) is 60.2 Å². The number of pyridine rings is 1. The maximum absolute atomic E-state index is 5.68. The molecule has 3 N–H and O–H groups in total. The van der Waals surface area contributed by atoms with Gasteiger partial charge < -0.3 is 15.8 Å². The quantitative estimate of drug-likeness (QED) is 0.740. The first-order chi connectivity index (χ1) is 6.75. The van der Waals surface area contributed by atoms with Crippen LogP contribution in [0.5, 0.6) is 0 Å². The zero-order chi connectivity index (χ0) is 9.97. The molecule has 0 aliphatic carbocycles. The van der Waals surface area contributed by atoms with Crippen LogP contribution >= 0.6 is 0 Å². The Morgan fingerprint density at radius 2 is 2.43 bits per heavy atom. The molecule has 4 heteroatoms. The van der Waals surface area contributed by atoms with Crippen LogP contribution in [0.1, 0.15) is 12.1 Å². The molecule has 0 amide bonds. The number of nitrogens with zero attached hydrogens (tertiary/aromatic N) is 1. The van der Waals surface area contributed by atoms with Gasteiger partial charge in [0.25, 0.3) is 0 Å². The van der Waals surface area contributed by atoms with Crippen molar-refractivity contribution in [2.24, 2.45) is 0 Å².